The number of imide groups is 1. The maximum absolute atomic E-state index is 12.8. The summed E-state index contributed by atoms with van der Waals surface area (Å²) in [7, 11) is 0. The lowest BCUT2D eigenvalue weighted by molar-refractivity contribution is -0.113. The number of carbonyl (C=O) groups is 2. The van der Waals surface area contributed by atoms with E-state index in [1.54, 1.807) is 30.3 Å². The first kappa shape index (κ1) is 23.9. The quantitative estimate of drug-likeness (QED) is 0.254. The smallest absolute Gasteiger partial charge is 0.298 e. The summed E-state index contributed by atoms with van der Waals surface area (Å²) in [5.41, 5.74) is 1.40. The molecule has 0 radical (unpaired) electrons. The van der Waals surface area contributed by atoms with Gasteiger partial charge in [-0.3, -0.25) is 9.59 Å². The van der Waals surface area contributed by atoms with E-state index in [4.69, 9.17) is 9.47 Å². The van der Waals surface area contributed by atoms with Crippen molar-refractivity contribution in [2.24, 2.45) is 0 Å². The summed E-state index contributed by atoms with van der Waals surface area (Å²) in [5, 5.41) is -0.302. The van der Waals surface area contributed by atoms with Gasteiger partial charge in [-0.1, -0.05) is 51.2 Å². The van der Waals surface area contributed by atoms with E-state index < -0.39 is 0 Å². The van der Waals surface area contributed by atoms with E-state index in [0.29, 0.717) is 29.6 Å². The highest BCUT2D eigenvalue weighted by atomic mass is 32.2. The van der Waals surface area contributed by atoms with Crippen molar-refractivity contribution >= 4 is 34.7 Å². The van der Waals surface area contributed by atoms with Crippen LogP contribution in [0.1, 0.15) is 57.9 Å². The second-order valence-corrected chi connectivity index (χ2v) is 8.62. The van der Waals surface area contributed by atoms with Crippen LogP contribution < -0.4 is 14.4 Å². The van der Waals surface area contributed by atoms with Crippen LogP contribution in [0.3, 0.4) is 0 Å². The molecule has 2 amide bonds. The van der Waals surface area contributed by atoms with E-state index in [9.17, 15) is 9.59 Å². The van der Waals surface area contributed by atoms with Crippen LogP contribution in [0.4, 0.5) is 10.5 Å². The third kappa shape index (κ3) is 6.63. The van der Waals surface area contributed by atoms with Gasteiger partial charge in [0.25, 0.3) is 11.1 Å². The van der Waals surface area contributed by atoms with Crippen molar-refractivity contribution in [2.75, 3.05) is 18.1 Å². The van der Waals surface area contributed by atoms with Crippen molar-refractivity contribution in [3.05, 3.63) is 59.0 Å². The summed E-state index contributed by atoms with van der Waals surface area (Å²) in [5.74, 6) is 1.21. The van der Waals surface area contributed by atoms with Crippen LogP contribution in [0.25, 0.3) is 6.08 Å². The van der Waals surface area contributed by atoms with Crippen LogP contribution in [0.2, 0.25) is 0 Å². The molecule has 0 aromatic heterocycles. The fourth-order valence-corrected chi connectivity index (χ4v) is 4.27. The Morgan fingerprint density at radius 1 is 0.812 bits per heavy atom. The molecule has 0 saturated carbocycles. The molecule has 1 heterocycles. The zero-order valence-corrected chi connectivity index (χ0v) is 19.7. The number of hydrogen-bond donors (Lipinski definition) is 0. The van der Waals surface area contributed by atoms with Crippen LogP contribution >= 0.6 is 11.8 Å². The summed E-state index contributed by atoms with van der Waals surface area (Å²) >= 11 is 0.951. The number of benzene rings is 2. The van der Waals surface area contributed by atoms with Gasteiger partial charge >= 0.3 is 0 Å². The lowest BCUT2D eigenvalue weighted by Crippen LogP contribution is -2.27. The van der Waals surface area contributed by atoms with Crippen molar-refractivity contribution in [1.29, 1.82) is 0 Å². The summed E-state index contributed by atoms with van der Waals surface area (Å²) in [6, 6.07) is 14.6. The third-order valence-electron chi connectivity index (χ3n) is 5.14. The van der Waals surface area contributed by atoms with Gasteiger partial charge in [-0.2, -0.15) is 0 Å². The van der Waals surface area contributed by atoms with Crippen molar-refractivity contribution < 1.29 is 19.1 Å². The summed E-state index contributed by atoms with van der Waals surface area (Å²) < 4.78 is 11.2. The molecule has 0 spiro atoms. The molecule has 5 nitrogen and oxygen atoms in total. The molecule has 0 atom stereocenters. The first-order chi connectivity index (χ1) is 15.6. The number of anilines is 1. The van der Waals surface area contributed by atoms with Gasteiger partial charge in [-0.15, -0.1) is 0 Å². The fourth-order valence-electron chi connectivity index (χ4n) is 3.43. The van der Waals surface area contributed by atoms with Crippen molar-refractivity contribution in [3.63, 3.8) is 0 Å². The first-order valence-corrected chi connectivity index (χ1v) is 12.2. The van der Waals surface area contributed by atoms with Gasteiger partial charge in [0.2, 0.25) is 0 Å². The topological polar surface area (TPSA) is 55.8 Å². The molecule has 0 bridgehead atoms. The minimum absolute atomic E-state index is 0.302. The summed E-state index contributed by atoms with van der Waals surface area (Å²) in [6.07, 6.45) is 9.14. The van der Waals surface area contributed by atoms with Gasteiger partial charge in [0, 0.05) is 0 Å². The van der Waals surface area contributed by atoms with E-state index in [-0.39, 0.29) is 11.1 Å². The Labute approximate surface area is 194 Å². The average molecular weight is 454 g/mol. The van der Waals surface area contributed by atoms with E-state index in [2.05, 4.69) is 6.92 Å². The number of thioether (sulfide) groups is 1. The Balaban J connectivity index is 1.55. The van der Waals surface area contributed by atoms with Crippen molar-refractivity contribution in [3.8, 4) is 11.5 Å². The second-order valence-electron chi connectivity index (χ2n) is 7.63. The molecule has 6 heteroatoms. The highest BCUT2D eigenvalue weighted by Gasteiger charge is 2.36. The number of rotatable bonds is 12. The SMILES string of the molecule is CCCCCCCCOc1ccc(/C=C2\SC(=O)N(c3ccc(OCC)cc3)C2=O)cc1. The summed E-state index contributed by atoms with van der Waals surface area (Å²) in [6.45, 7) is 5.40. The van der Waals surface area contributed by atoms with E-state index >= 15 is 0 Å². The molecule has 1 fully saturated rings. The number of ether oxygens (including phenoxy) is 2. The van der Waals surface area contributed by atoms with Gasteiger partial charge in [0.05, 0.1) is 23.8 Å². The molecular formula is C26H31NO4S. The number of hydrogen-bond acceptors (Lipinski definition) is 5. The minimum Gasteiger partial charge on any atom is -0.494 e. The highest BCUT2D eigenvalue weighted by Crippen LogP contribution is 2.36. The third-order valence-corrected chi connectivity index (χ3v) is 6.01. The Hall–Kier alpha value is -2.73. The number of unbranched alkanes of at least 4 members (excludes halogenated alkanes) is 5. The van der Waals surface area contributed by atoms with Crippen LogP contribution in [-0.4, -0.2) is 24.4 Å². The molecular weight excluding hydrogens is 422 g/mol. The Morgan fingerprint density at radius 3 is 2.12 bits per heavy atom. The minimum atomic E-state index is -0.312. The Morgan fingerprint density at radius 2 is 1.44 bits per heavy atom. The lowest BCUT2D eigenvalue weighted by atomic mass is 10.1. The number of amides is 2. The largest absolute Gasteiger partial charge is 0.494 e. The lowest BCUT2D eigenvalue weighted by Gasteiger charge is -2.13. The van der Waals surface area contributed by atoms with Gasteiger partial charge in [-0.25, -0.2) is 4.90 Å². The molecule has 1 saturated heterocycles. The van der Waals surface area contributed by atoms with E-state index in [1.165, 1.54) is 37.0 Å². The maximum atomic E-state index is 12.8. The van der Waals surface area contributed by atoms with Crippen molar-refractivity contribution in [2.45, 2.75) is 52.4 Å². The Kier molecular flexibility index (Phi) is 9.23. The predicted molar refractivity (Wildman–Crippen MR) is 131 cm³/mol. The van der Waals surface area contributed by atoms with Crippen LogP contribution in [-0.2, 0) is 4.79 Å². The maximum Gasteiger partial charge on any atom is 0.298 e. The van der Waals surface area contributed by atoms with Crippen LogP contribution in [0, 0.1) is 0 Å². The fraction of sp³-hybridized carbons (Fsp3) is 0.385. The van der Waals surface area contributed by atoms with Gasteiger partial charge in [0.15, 0.2) is 0 Å². The van der Waals surface area contributed by atoms with Gasteiger partial charge < -0.3 is 9.47 Å². The molecule has 0 N–H and O–H groups in total. The molecule has 2 aromatic carbocycles. The number of carbonyl (C=O) groups excluding carboxylic acids is 2. The molecule has 32 heavy (non-hydrogen) atoms. The predicted octanol–water partition coefficient (Wildman–Crippen LogP) is 7.07. The Bertz CT molecular complexity index is 922. The molecule has 3 rings (SSSR count). The molecule has 1 aliphatic rings. The monoisotopic (exact) mass is 453 g/mol. The molecule has 1 aliphatic heterocycles. The average Bonchev–Trinajstić information content (AvgIpc) is 3.08. The molecule has 170 valence electrons. The van der Waals surface area contributed by atoms with Gasteiger partial charge in [0.1, 0.15) is 11.5 Å². The first-order valence-electron chi connectivity index (χ1n) is 11.4. The molecule has 2 aromatic rings. The van der Waals surface area contributed by atoms with Crippen molar-refractivity contribution in [1.82, 2.24) is 0 Å². The highest BCUT2D eigenvalue weighted by molar-refractivity contribution is 8.19. The van der Waals surface area contributed by atoms with E-state index in [1.807, 2.05) is 31.2 Å². The second kappa shape index (κ2) is 12.3. The normalized spacial score (nSPS) is 14.9. The van der Waals surface area contributed by atoms with E-state index in [0.717, 1.165) is 29.5 Å². The van der Waals surface area contributed by atoms with Crippen LogP contribution in [0.15, 0.2) is 53.4 Å². The number of nitrogens with zero attached hydrogens (tertiary/aromatic N) is 1. The zero-order valence-electron chi connectivity index (χ0n) is 18.8. The molecule has 0 unspecified atom stereocenters. The zero-order chi connectivity index (χ0) is 22.8. The standard InChI is InChI=1S/C26H31NO4S/c1-3-5-6-7-8-9-18-31-23-14-10-20(11-15-23)19-24-25(28)27(26(29)32-24)21-12-16-22(17-13-21)30-4-2/h10-17,19H,3-9,18H2,1-2H3/b24-19-. The molecule has 0 aliphatic carbocycles. The summed E-state index contributed by atoms with van der Waals surface area (Å²) in [4.78, 5) is 26.9. The van der Waals surface area contributed by atoms with Gasteiger partial charge in [-0.05, 0) is 73.1 Å². The van der Waals surface area contributed by atoms with Crippen LogP contribution in [0.5, 0.6) is 11.5 Å².